The van der Waals surface area contributed by atoms with Gasteiger partial charge in [0.1, 0.15) is 22.8 Å². The van der Waals surface area contributed by atoms with Crippen molar-refractivity contribution in [1.29, 1.82) is 0 Å². The van der Waals surface area contributed by atoms with Crippen LogP contribution in [0, 0.1) is 5.82 Å². The molecule has 0 saturated heterocycles. The quantitative estimate of drug-likeness (QED) is 0.492. The molecule has 1 aliphatic heterocycles. The summed E-state index contributed by atoms with van der Waals surface area (Å²) in [6.45, 7) is 5.80. The van der Waals surface area contributed by atoms with Crippen molar-refractivity contribution in [3.8, 4) is 0 Å². The van der Waals surface area contributed by atoms with E-state index in [1.54, 1.807) is 20.8 Å². The first kappa shape index (κ1) is 21.4. The third-order valence-electron chi connectivity index (χ3n) is 4.07. The molecule has 29 heavy (non-hydrogen) atoms. The number of ether oxygens (including phenoxy) is 1. The molecule has 2 heterocycles. The summed E-state index contributed by atoms with van der Waals surface area (Å²) in [6, 6.07) is 2.54. The molecule has 156 valence electrons. The number of carbonyl (C=O) groups excluding carboxylic acids is 1. The first-order chi connectivity index (χ1) is 13.4. The number of nitrogens with zero attached hydrogens (tertiary/aromatic N) is 3. The maximum atomic E-state index is 13.3. The molecule has 3 rings (SSSR count). The highest BCUT2D eigenvalue weighted by atomic mass is 32.2. The van der Waals surface area contributed by atoms with Crippen LogP contribution in [0.2, 0.25) is 0 Å². The lowest BCUT2D eigenvalue weighted by molar-refractivity contribution is -0.139. The van der Waals surface area contributed by atoms with Crippen LogP contribution >= 0.6 is 11.8 Å². The minimum absolute atomic E-state index is 0.144. The van der Waals surface area contributed by atoms with Crippen LogP contribution in [0.5, 0.6) is 0 Å². The normalized spacial score (nSPS) is 14.5. The number of hydrogen-bond acceptors (Lipinski definition) is 5. The van der Waals surface area contributed by atoms with Gasteiger partial charge in [0.05, 0.1) is 17.8 Å². The highest BCUT2D eigenvalue weighted by Gasteiger charge is 2.35. The molecule has 0 saturated carbocycles. The molecule has 1 aromatic carbocycles. The zero-order valence-electron chi connectivity index (χ0n) is 16.0. The van der Waals surface area contributed by atoms with Gasteiger partial charge in [-0.1, -0.05) is 11.8 Å². The minimum Gasteiger partial charge on any atom is -0.444 e. The zero-order valence-corrected chi connectivity index (χ0v) is 16.8. The van der Waals surface area contributed by atoms with Crippen molar-refractivity contribution in [2.75, 3.05) is 6.54 Å². The summed E-state index contributed by atoms with van der Waals surface area (Å²) in [4.78, 5) is 21.9. The average molecular weight is 429 g/mol. The van der Waals surface area contributed by atoms with Crippen LogP contribution in [-0.2, 0) is 23.9 Å². The molecule has 0 aliphatic carbocycles. The average Bonchev–Trinajstić information content (AvgIpc) is 2.60. The lowest BCUT2D eigenvalue weighted by Crippen LogP contribution is -2.40. The molecule has 10 heteroatoms. The van der Waals surface area contributed by atoms with Crippen molar-refractivity contribution in [1.82, 2.24) is 14.9 Å². The van der Waals surface area contributed by atoms with Gasteiger partial charge in [0, 0.05) is 17.0 Å². The first-order valence-corrected chi connectivity index (χ1v) is 9.61. The van der Waals surface area contributed by atoms with Gasteiger partial charge in [-0.3, -0.25) is 0 Å². The standard InChI is InChI=1S/C19H19F4N3O2S/c1-18(2,3)28-17(27)26-7-6-12-14(9-26)24-10-25-16(12)29-15-5-4-11(20)8-13(15)19(21,22)23/h4-5,8,10H,6-7,9H2,1-3H3. The lowest BCUT2D eigenvalue weighted by Gasteiger charge is -2.31. The maximum absolute atomic E-state index is 13.3. The van der Waals surface area contributed by atoms with E-state index < -0.39 is 29.3 Å². The minimum atomic E-state index is -4.69. The van der Waals surface area contributed by atoms with Crippen LogP contribution in [-0.4, -0.2) is 33.1 Å². The van der Waals surface area contributed by atoms with Crippen molar-refractivity contribution in [3.05, 3.63) is 47.2 Å². The Morgan fingerprint density at radius 3 is 2.59 bits per heavy atom. The fourth-order valence-corrected chi connectivity index (χ4v) is 3.88. The molecule has 2 aromatic rings. The Balaban J connectivity index is 1.86. The number of aromatic nitrogens is 2. The summed E-state index contributed by atoms with van der Waals surface area (Å²) in [5.74, 6) is -0.959. The molecule has 0 unspecified atom stereocenters. The Morgan fingerprint density at radius 2 is 1.93 bits per heavy atom. The molecule has 0 fully saturated rings. The predicted octanol–water partition coefficient (Wildman–Crippen LogP) is 5.08. The van der Waals surface area contributed by atoms with Crippen molar-refractivity contribution >= 4 is 17.9 Å². The number of benzene rings is 1. The van der Waals surface area contributed by atoms with Crippen LogP contribution < -0.4 is 0 Å². The third kappa shape index (κ3) is 5.17. The summed E-state index contributed by atoms with van der Waals surface area (Å²) in [7, 11) is 0. The second kappa shape index (κ2) is 7.81. The summed E-state index contributed by atoms with van der Waals surface area (Å²) in [6.07, 6.45) is -3.55. The van der Waals surface area contributed by atoms with Crippen LogP contribution in [0.25, 0.3) is 0 Å². The van der Waals surface area contributed by atoms with Gasteiger partial charge in [0.2, 0.25) is 0 Å². The molecule has 5 nitrogen and oxygen atoms in total. The fraction of sp³-hybridized carbons (Fsp3) is 0.421. The second-order valence-corrected chi connectivity index (χ2v) is 8.53. The molecular weight excluding hydrogens is 410 g/mol. The summed E-state index contributed by atoms with van der Waals surface area (Å²) in [5.41, 5.74) is -0.466. The Bertz CT molecular complexity index is 929. The predicted molar refractivity (Wildman–Crippen MR) is 97.9 cm³/mol. The van der Waals surface area contributed by atoms with Gasteiger partial charge < -0.3 is 9.64 Å². The van der Waals surface area contributed by atoms with E-state index >= 15 is 0 Å². The van der Waals surface area contributed by atoms with Gasteiger partial charge in [-0.25, -0.2) is 19.2 Å². The maximum Gasteiger partial charge on any atom is 0.417 e. The van der Waals surface area contributed by atoms with Crippen LogP contribution in [0.1, 0.15) is 37.6 Å². The molecule has 0 N–H and O–H groups in total. The van der Waals surface area contributed by atoms with E-state index in [4.69, 9.17) is 4.74 Å². The molecule has 1 aromatic heterocycles. The molecule has 0 spiro atoms. The van der Waals surface area contributed by atoms with E-state index in [9.17, 15) is 22.4 Å². The van der Waals surface area contributed by atoms with E-state index in [2.05, 4.69) is 9.97 Å². The molecule has 0 radical (unpaired) electrons. The molecular formula is C19H19F4N3O2S. The highest BCUT2D eigenvalue weighted by molar-refractivity contribution is 7.99. The fourth-order valence-electron chi connectivity index (χ4n) is 2.81. The molecule has 1 amide bonds. The SMILES string of the molecule is CC(C)(C)OC(=O)N1CCc2c(ncnc2Sc2ccc(F)cc2C(F)(F)F)C1. The zero-order chi connectivity index (χ0) is 21.4. The topological polar surface area (TPSA) is 55.3 Å². The summed E-state index contributed by atoms with van der Waals surface area (Å²) < 4.78 is 58.5. The number of fused-ring (bicyclic) bond motifs is 1. The van der Waals surface area contributed by atoms with Crippen molar-refractivity contribution in [2.45, 2.75) is 55.4 Å². The van der Waals surface area contributed by atoms with E-state index in [0.717, 1.165) is 23.9 Å². The number of amides is 1. The Labute approximate surface area is 169 Å². The highest BCUT2D eigenvalue weighted by Crippen LogP contribution is 2.41. The number of rotatable bonds is 2. The molecule has 1 aliphatic rings. The van der Waals surface area contributed by atoms with Crippen molar-refractivity contribution in [3.63, 3.8) is 0 Å². The van der Waals surface area contributed by atoms with Crippen molar-refractivity contribution < 1.29 is 27.1 Å². The van der Waals surface area contributed by atoms with E-state index in [1.165, 1.54) is 11.2 Å². The number of carbonyl (C=O) groups is 1. The largest absolute Gasteiger partial charge is 0.444 e. The molecule has 0 atom stereocenters. The van der Waals surface area contributed by atoms with Gasteiger partial charge in [0.25, 0.3) is 0 Å². The van der Waals surface area contributed by atoms with Gasteiger partial charge >= 0.3 is 12.3 Å². The van der Waals surface area contributed by atoms with Gasteiger partial charge in [-0.05, 0) is 45.4 Å². The lowest BCUT2D eigenvalue weighted by atomic mass is 10.1. The van der Waals surface area contributed by atoms with Crippen LogP contribution in [0.4, 0.5) is 22.4 Å². The van der Waals surface area contributed by atoms with E-state index in [-0.39, 0.29) is 11.4 Å². The van der Waals surface area contributed by atoms with Crippen molar-refractivity contribution in [2.24, 2.45) is 0 Å². The smallest absolute Gasteiger partial charge is 0.417 e. The summed E-state index contributed by atoms with van der Waals surface area (Å²) >= 11 is 0.812. The Kier molecular flexibility index (Phi) is 5.75. The Morgan fingerprint density at radius 1 is 1.21 bits per heavy atom. The van der Waals surface area contributed by atoms with E-state index in [1.807, 2.05) is 0 Å². The van der Waals surface area contributed by atoms with Crippen LogP contribution in [0.3, 0.4) is 0 Å². The summed E-state index contributed by atoms with van der Waals surface area (Å²) in [5, 5.41) is 0.357. The van der Waals surface area contributed by atoms with Gasteiger partial charge in [-0.2, -0.15) is 13.2 Å². The van der Waals surface area contributed by atoms with E-state index in [0.29, 0.717) is 35.3 Å². The third-order valence-corrected chi connectivity index (χ3v) is 5.19. The second-order valence-electron chi connectivity index (χ2n) is 7.50. The Hall–Kier alpha value is -2.36. The van der Waals surface area contributed by atoms with Crippen LogP contribution in [0.15, 0.2) is 34.4 Å². The first-order valence-electron chi connectivity index (χ1n) is 8.79. The number of hydrogen-bond donors (Lipinski definition) is 0. The van der Waals surface area contributed by atoms with Gasteiger partial charge in [0.15, 0.2) is 0 Å². The number of halogens is 4. The van der Waals surface area contributed by atoms with Gasteiger partial charge in [-0.15, -0.1) is 0 Å². The monoisotopic (exact) mass is 429 g/mol. The molecule has 0 bridgehead atoms. The number of alkyl halides is 3.